The number of thiophene rings is 1. The molecule has 2 aromatic rings. The van der Waals surface area contributed by atoms with Crippen LogP contribution in [0.4, 0.5) is 0 Å². The molecule has 0 atom stereocenters. The van der Waals surface area contributed by atoms with Crippen molar-refractivity contribution in [2.75, 3.05) is 0 Å². The molecule has 1 heterocycles. The average molecular weight is 303 g/mol. The SMILES string of the molecule is NCc1cc(-c2sccc2Br)ccc1Cl. The van der Waals surface area contributed by atoms with Crippen LogP contribution in [0.2, 0.25) is 5.02 Å². The molecular formula is C11H9BrClNS. The van der Waals surface area contributed by atoms with Crippen LogP contribution in [0.5, 0.6) is 0 Å². The van der Waals surface area contributed by atoms with Gasteiger partial charge in [-0.25, -0.2) is 0 Å². The van der Waals surface area contributed by atoms with Gasteiger partial charge in [-0.05, 0) is 50.6 Å². The smallest absolute Gasteiger partial charge is 0.0484 e. The van der Waals surface area contributed by atoms with Gasteiger partial charge in [0.2, 0.25) is 0 Å². The summed E-state index contributed by atoms with van der Waals surface area (Å²) in [4.78, 5) is 1.21. The van der Waals surface area contributed by atoms with Crippen molar-refractivity contribution >= 4 is 38.9 Å². The molecule has 15 heavy (non-hydrogen) atoms. The lowest BCUT2D eigenvalue weighted by Gasteiger charge is -2.04. The van der Waals surface area contributed by atoms with E-state index in [0.717, 1.165) is 20.6 Å². The van der Waals surface area contributed by atoms with E-state index in [9.17, 15) is 0 Å². The molecule has 0 saturated heterocycles. The Bertz CT molecular complexity index is 481. The highest BCUT2D eigenvalue weighted by Crippen LogP contribution is 2.34. The molecule has 4 heteroatoms. The topological polar surface area (TPSA) is 26.0 Å². The first-order chi connectivity index (χ1) is 7.22. The number of hydrogen-bond acceptors (Lipinski definition) is 2. The summed E-state index contributed by atoms with van der Waals surface area (Å²) in [5, 5.41) is 2.78. The minimum Gasteiger partial charge on any atom is -0.326 e. The van der Waals surface area contributed by atoms with Crippen molar-refractivity contribution in [1.29, 1.82) is 0 Å². The third-order valence-corrected chi connectivity index (χ3v) is 4.40. The Balaban J connectivity index is 2.51. The lowest BCUT2D eigenvalue weighted by molar-refractivity contribution is 1.07. The van der Waals surface area contributed by atoms with E-state index >= 15 is 0 Å². The van der Waals surface area contributed by atoms with Gasteiger partial charge in [-0.1, -0.05) is 17.7 Å². The summed E-state index contributed by atoms with van der Waals surface area (Å²) < 4.78 is 1.11. The van der Waals surface area contributed by atoms with Gasteiger partial charge in [0.25, 0.3) is 0 Å². The van der Waals surface area contributed by atoms with Gasteiger partial charge in [0.05, 0.1) is 0 Å². The van der Waals surface area contributed by atoms with E-state index in [2.05, 4.69) is 21.3 Å². The number of benzene rings is 1. The van der Waals surface area contributed by atoms with Crippen molar-refractivity contribution in [1.82, 2.24) is 0 Å². The molecule has 0 saturated carbocycles. The lowest BCUT2D eigenvalue weighted by Crippen LogP contribution is -1.97. The van der Waals surface area contributed by atoms with Gasteiger partial charge in [-0.3, -0.25) is 0 Å². The maximum atomic E-state index is 6.01. The molecule has 0 unspecified atom stereocenters. The van der Waals surface area contributed by atoms with Crippen LogP contribution in [0.25, 0.3) is 10.4 Å². The minimum absolute atomic E-state index is 0.468. The predicted molar refractivity (Wildman–Crippen MR) is 70.4 cm³/mol. The standard InChI is InChI=1S/C11H9BrClNS/c12-9-3-4-15-11(9)7-1-2-10(13)8(5-7)6-14/h1-5H,6,14H2. The van der Waals surface area contributed by atoms with E-state index in [1.54, 1.807) is 11.3 Å². The fourth-order valence-electron chi connectivity index (χ4n) is 1.37. The molecule has 0 amide bonds. The first-order valence-electron chi connectivity index (χ1n) is 4.44. The highest BCUT2D eigenvalue weighted by molar-refractivity contribution is 9.10. The van der Waals surface area contributed by atoms with Crippen LogP contribution in [-0.4, -0.2) is 0 Å². The summed E-state index contributed by atoms with van der Waals surface area (Å²) >= 11 is 11.2. The quantitative estimate of drug-likeness (QED) is 0.880. The Morgan fingerprint density at radius 1 is 1.33 bits per heavy atom. The maximum absolute atomic E-state index is 6.01. The van der Waals surface area contributed by atoms with Crippen molar-refractivity contribution in [3.63, 3.8) is 0 Å². The van der Waals surface area contributed by atoms with E-state index in [0.29, 0.717) is 6.54 Å². The van der Waals surface area contributed by atoms with E-state index in [1.807, 2.05) is 24.3 Å². The predicted octanol–water partition coefficient (Wildman–Crippen LogP) is 4.29. The van der Waals surface area contributed by atoms with Crippen molar-refractivity contribution in [3.05, 3.63) is 44.7 Å². The Kier molecular flexibility index (Phi) is 3.46. The van der Waals surface area contributed by atoms with Crippen LogP contribution in [0.1, 0.15) is 5.56 Å². The summed E-state index contributed by atoms with van der Waals surface area (Å²) in [6, 6.07) is 7.99. The van der Waals surface area contributed by atoms with E-state index < -0.39 is 0 Å². The number of hydrogen-bond donors (Lipinski definition) is 1. The van der Waals surface area contributed by atoms with Crippen LogP contribution in [-0.2, 0) is 6.54 Å². The molecule has 1 nitrogen and oxygen atoms in total. The zero-order valence-electron chi connectivity index (χ0n) is 7.84. The molecule has 0 fully saturated rings. The first-order valence-corrected chi connectivity index (χ1v) is 6.49. The fourth-order valence-corrected chi connectivity index (χ4v) is 3.17. The van der Waals surface area contributed by atoms with E-state index in [1.165, 1.54) is 4.88 Å². The summed E-state index contributed by atoms with van der Waals surface area (Å²) in [6.07, 6.45) is 0. The summed E-state index contributed by atoms with van der Waals surface area (Å²) in [7, 11) is 0. The van der Waals surface area contributed by atoms with Crippen LogP contribution >= 0.6 is 38.9 Å². The summed E-state index contributed by atoms with van der Waals surface area (Å²) in [5.74, 6) is 0. The zero-order chi connectivity index (χ0) is 10.8. The Hall–Kier alpha value is -0.350. The molecule has 0 aliphatic rings. The second-order valence-electron chi connectivity index (χ2n) is 3.11. The highest BCUT2D eigenvalue weighted by Gasteiger charge is 2.06. The highest BCUT2D eigenvalue weighted by atomic mass is 79.9. The molecule has 1 aromatic carbocycles. The normalized spacial score (nSPS) is 10.6. The molecule has 1 aromatic heterocycles. The van der Waals surface area contributed by atoms with Gasteiger partial charge >= 0.3 is 0 Å². The van der Waals surface area contributed by atoms with Crippen LogP contribution in [0.15, 0.2) is 34.1 Å². The molecule has 2 rings (SSSR count). The average Bonchev–Trinajstić information content (AvgIpc) is 2.65. The number of rotatable bonds is 2. The maximum Gasteiger partial charge on any atom is 0.0484 e. The molecular weight excluding hydrogens is 294 g/mol. The first kappa shape index (κ1) is 11.1. The van der Waals surface area contributed by atoms with Gasteiger partial charge in [-0.15, -0.1) is 11.3 Å². The summed E-state index contributed by atoms with van der Waals surface area (Å²) in [5.41, 5.74) is 7.75. The van der Waals surface area contributed by atoms with Crippen LogP contribution in [0.3, 0.4) is 0 Å². The van der Waals surface area contributed by atoms with Gasteiger partial charge < -0.3 is 5.73 Å². The fraction of sp³-hybridized carbons (Fsp3) is 0.0909. The van der Waals surface area contributed by atoms with Crippen molar-refractivity contribution in [3.8, 4) is 10.4 Å². The Morgan fingerprint density at radius 3 is 2.73 bits per heavy atom. The van der Waals surface area contributed by atoms with Crippen molar-refractivity contribution < 1.29 is 0 Å². The molecule has 0 aliphatic heterocycles. The monoisotopic (exact) mass is 301 g/mol. The molecule has 0 aliphatic carbocycles. The Labute approximate surface area is 106 Å². The van der Waals surface area contributed by atoms with Crippen LogP contribution < -0.4 is 5.73 Å². The van der Waals surface area contributed by atoms with Crippen molar-refractivity contribution in [2.24, 2.45) is 5.73 Å². The van der Waals surface area contributed by atoms with Crippen molar-refractivity contribution in [2.45, 2.75) is 6.54 Å². The molecule has 0 radical (unpaired) electrons. The number of nitrogens with two attached hydrogens (primary N) is 1. The zero-order valence-corrected chi connectivity index (χ0v) is 11.0. The van der Waals surface area contributed by atoms with E-state index in [4.69, 9.17) is 17.3 Å². The molecule has 2 N–H and O–H groups in total. The van der Waals surface area contributed by atoms with Gasteiger partial charge in [0, 0.05) is 20.9 Å². The second kappa shape index (κ2) is 4.66. The molecule has 0 bridgehead atoms. The third-order valence-electron chi connectivity index (χ3n) is 2.14. The number of halogens is 2. The largest absolute Gasteiger partial charge is 0.326 e. The van der Waals surface area contributed by atoms with Crippen LogP contribution in [0, 0.1) is 0 Å². The van der Waals surface area contributed by atoms with Gasteiger partial charge in [0.1, 0.15) is 0 Å². The lowest BCUT2D eigenvalue weighted by atomic mass is 10.1. The molecule has 78 valence electrons. The van der Waals surface area contributed by atoms with Gasteiger partial charge in [-0.2, -0.15) is 0 Å². The third kappa shape index (κ3) is 2.26. The second-order valence-corrected chi connectivity index (χ2v) is 5.29. The molecule has 0 spiro atoms. The van der Waals surface area contributed by atoms with E-state index in [-0.39, 0.29) is 0 Å². The Morgan fingerprint density at radius 2 is 2.13 bits per heavy atom. The van der Waals surface area contributed by atoms with Gasteiger partial charge in [0.15, 0.2) is 0 Å². The minimum atomic E-state index is 0.468. The summed E-state index contributed by atoms with van der Waals surface area (Å²) in [6.45, 7) is 0.468.